The van der Waals surface area contributed by atoms with Crippen molar-refractivity contribution in [2.45, 2.75) is 13.5 Å². The Bertz CT molecular complexity index is 1010. The molecule has 27 heavy (non-hydrogen) atoms. The fourth-order valence-electron chi connectivity index (χ4n) is 2.73. The summed E-state index contributed by atoms with van der Waals surface area (Å²) in [4.78, 5) is 16.9. The highest BCUT2D eigenvalue weighted by Crippen LogP contribution is 2.34. The van der Waals surface area contributed by atoms with Crippen LogP contribution in [-0.4, -0.2) is 18.1 Å². The van der Waals surface area contributed by atoms with Crippen LogP contribution in [0.4, 0.5) is 0 Å². The van der Waals surface area contributed by atoms with E-state index in [4.69, 9.17) is 9.47 Å². The van der Waals surface area contributed by atoms with Gasteiger partial charge in [-0.15, -0.1) is 0 Å². The number of esters is 1. The van der Waals surface area contributed by atoms with Crippen LogP contribution in [0.5, 0.6) is 5.75 Å². The van der Waals surface area contributed by atoms with Crippen LogP contribution in [0.15, 0.2) is 60.8 Å². The van der Waals surface area contributed by atoms with E-state index in [1.807, 2.05) is 37.3 Å². The molecule has 0 amide bonds. The van der Waals surface area contributed by atoms with Crippen LogP contribution in [0.3, 0.4) is 0 Å². The van der Waals surface area contributed by atoms with E-state index in [9.17, 15) is 10.1 Å². The molecule has 0 aliphatic carbocycles. The Kier molecular flexibility index (Phi) is 5.48. The minimum atomic E-state index is -0.481. The van der Waals surface area contributed by atoms with Gasteiger partial charge in [0.1, 0.15) is 12.4 Å². The molecular formula is C22H18N2O3. The van der Waals surface area contributed by atoms with E-state index >= 15 is 0 Å². The Balaban J connectivity index is 1.99. The molecular weight excluding hydrogens is 340 g/mol. The minimum Gasteiger partial charge on any atom is -0.496 e. The van der Waals surface area contributed by atoms with Crippen LogP contribution in [0.1, 0.15) is 27.2 Å². The second-order valence-corrected chi connectivity index (χ2v) is 5.96. The lowest BCUT2D eigenvalue weighted by Crippen LogP contribution is -2.08. The molecule has 3 rings (SSSR count). The van der Waals surface area contributed by atoms with E-state index in [2.05, 4.69) is 11.1 Å². The molecule has 3 aromatic rings. The number of hydrogen-bond donors (Lipinski definition) is 0. The number of aryl methyl sites for hydroxylation is 1. The second-order valence-electron chi connectivity index (χ2n) is 5.96. The van der Waals surface area contributed by atoms with Crippen LogP contribution in [-0.2, 0) is 11.3 Å². The molecule has 0 fully saturated rings. The van der Waals surface area contributed by atoms with Gasteiger partial charge in [0.05, 0.1) is 24.3 Å². The first-order valence-corrected chi connectivity index (χ1v) is 8.38. The summed E-state index contributed by atoms with van der Waals surface area (Å²) in [5, 5.41) is 9.22. The number of nitriles is 1. The van der Waals surface area contributed by atoms with Gasteiger partial charge in [0.25, 0.3) is 0 Å². The number of pyridine rings is 1. The molecule has 0 N–H and O–H groups in total. The highest BCUT2D eigenvalue weighted by molar-refractivity contribution is 5.98. The van der Waals surface area contributed by atoms with Crippen molar-refractivity contribution in [2.24, 2.45) is 0 Å². The number of carbonyl (C=O) groups is 1. The van der Waals surface area contributed by atoms with Crippen molar-refractivity contribution >= 4 is 5.97 Å². The van der Waals surface area contributed by atoms with Crippen LogP contribution < -0.4 is 4.74 Å². The standard InChI is InChI=1S/C22H18N2O3/c1-15-10-18(19-11-17(12-23)8-9-21(19)26-2)20(13-24-15)22(25)27-14-16-6-4-3-5-7-16/h3-11,13H,14H2,1-2H3. The summed E-state index contributed by atoms with van der Waals surface area (Å²) < 4.78 is 10.9. The third-order valence-electron chi connectivity index (χ3n) is 4.09. The second kappa shape index (κ2) is 8.15. The van der Waals surface area contributed by atoms with Crippen LogP contribution in [0.2, 0.25) is 0 Å². The van der Waals surface area contributed by atoms with Crippen LogP contribution in [0.25, 0.3) is 11.1 Å². The summed E-state index contributed by atoms with van der Waals surface area (Å²) in [5.74, 6) is 0.0856. The van der Waals surface area contributed by atoms with Gasteiger partial charge in [-0.05, 0) is 36.8 Å². The van der Waals surface area contributed by atoms with E-state index in [1.165, 1.54) is 6.20 Å². The first-order chi connectivity index (χ1) is 13.1. The molecule has 1 aromatic heterocycles. The molecule has 0 atom stereocenters. The number of methoxy groups -OCH3 is 1. The highest BCUT2D eigenvalue weighted by Gasteiger charge is 2.19. The van der Waals surface area contributed by atoms with Gasteiger partial charge < -0.3 is 9.47 Å². The molecule has 5 heteroatoms. The SMILES string of the molecule is COc1ccc(C#N)cc1-c1cc(C)ncc1C(=O)OCc1ccccc1. The molecule has 0 spiro atoms. The predicted molar refractivity (Wildman–Crippen MR) is 101 cm³/mol. The van der Waals surface area contributed by atoms with Crippen molar-refractivity contribution in [3.63, 3.8) is 0 Å². The summed E-state index contributed by atoms with van der Waals surface area (Å²) in [5.41, 5.74) is 3.71. The molecule has 134 valence electrons. The zero-order valence-electron chi connectivity index (χ0n) is 15.1. The van der Waals surface area contributed by atoms with Crippen molar-refractivity contribution in [1.29, 1.82) is 5.26 Å². The molecule has 0 saturated heterocycles. The molecule has 0 aliphatic rings. The molecule has 5 nitrogen and oxygen atoms in total. The first kappa shape index (κ1) is 18.2. The Hall–Kier alpha value is -3.65. The van der Waals surface area contributed by atoms with Crippen molar-refractivity contribution in [3.05, 3.63) is 83.2 Å². The average molecular weight is 358 g/mol. The third kappa shape index (κ3) is 4.13. The van der Waals surface area contributed by atoms with Gasteiger partial charge in [-0.25, -0.2) is 4.79 Å². The van der Waals surface area contributed by atoms with E-state index in [0.29, 0.717) is 28.0 Å². The van der Waals surface area contributed by atoms with Gasteiger partial charge in [-0.3, -0.25) is 4.98 Å². The first-order valence-electron chi connectivity index (χ1n) is 8.38. The van der Waals surface area contributed by atoms with Gasteiger partial charge in [0.2, 0.25) is 0 Å². The number of ether oxygens (including phenoxy) is 2. The number of nitrogens with zero attached hydrogens (tertiary/aromatic N) is 2. The monoisotopic (exact) mass is 358 g/mol. The minimum absolute atomic E-state index is 0.169. The number of benzene rings is 2. The molecule has 0 saturated carbocycles. The Labute approximate surface area is 157 Å². The van der Waals surface area contributed by atoms with E-state index in [1.54, 1.807) is 31.4 Å². The van der Waals surface area contributed by atoms with Crippen LogP contribution in [0, 0.1) is 18.3 Å². The summed E-state index contributed by atoms with van der Waals surface area (Å²) >= 11 is 0. The van der Waals surface area contributed by atoms with Crippen LogP contribution >= 0.6 is 0 Å². The van der Waals surface area contributed by atoms with E-state index in [-0.39, 0.29) is 6.61 Å². The maximum Gasteiger partial charge on any atom is 0.340 e. The lowest BCUT2D eigenvalue weighted by atomic mass is 9.98. The molecule has 0 unspecified atom stereocenters. The molecule has 2 aromatic carbocycles. The Morgan fingerprint density at radius 1 is 1.11 bits per heavy atom. The zero-order valence-corrected chi connectivity index (χ0v) is 15.1. The summed E-state index contributed by atoms with van der Waals surface area (Å²) in [6.45, 7) is 2.01. The van der Waals surface area contributed by atoms with Gasteiger partial charge in [-0.1, -0.05) is 30.3 Å². The molecule has 1 heterocycles. The summed E-state index contributed by atoms with van der Waals surface area (Å²) in [7, 11) is 1.55. The molecule has 0 bridgehead atoms. The lowest BCUT2D eigenvalue weighted by Gasteiger charge is -2.14. The fourth-order valence-corrected chi connectivity index (χ4v) is 2.73. The quantitative estimate of drug-likeness (QED) is 0.636. The topological polar surface area (TPSA) is 72.2 Å². The molecule has 0 aliphatic heterocycles. The third-order valence-corrected chi connectivity index (χ3v) is 4.09. The number of carbonyl (C=O) groups excluding carboxylic acids is 1. The van der Waals surface area contributed by atoms with Gasteiger partial charge >= 0.3 is 5.97 Å². The van der Waals surface area contributed by atoms with Crippen molar-refractivity contribution < 1.29 is 14.3 Å². The van der Waals surface area contributed by atoms with Crippen molar-refractivity contribution in [1.82, 2.24) is 4.98 Å². The molecule has 0 radical (unpaired) electrons. The summed E-state index contributed by atoms with van der Waals surface area (Å²) in [6.07, 6.45) is 1.50. The lowest BCUT2D eigenvalue weighted by molar-refractivity contribution is 0.0473. The van der Waals surface area contributed by atoms with Crippen molar-refractivity contribution in [3.8, 4) is 22.9 Å². The maximum absolute atomic E-state index is 12.7. The predicted octanol–water partition coefficient (Wildman–Crippen LogP) is 4.29. The zero-order chi connectivity index (χ0) is 19.2. The number of aromatic nitrogens is 1. The average Bonchev–Trinajstić information content (AvgIpc) is 2.72. The van der Waals surface area contributed by atoms with Gasteiger partial charge in [0, 0.05) is 23.0 Å². The van der Waals surface area contributed by atoms with Gasteiger partial charge in [0.15, 0.2) is 0 Å². The van der Waals surface area contributed by atoms with Gasteiger partial charge in [-0.2, -0.15) is 5.26 Å². The Morgan fingerprint density at radius 2 is 1.89 bits per heavy atom. The smallest absolute Gasteiger partial charge is 0.340 e. The van der Waals surface area contributed by atoms with E-state index in [0.717, 1.165) is 11.3 Å². The van der Waals surface area contributed by atoms with Crippen molar-refractivity contribution in [2.75, 3.05) is 7.11 Å². The largest absolute Gasteiger partial charge is 0.496 e. The maximum atomic E-state index is 12.7. The normalized spacial score (nSPS) is 10.1. The number of hydrogen-bond acceptors (Lipinski definition) is 5. The summed E-state index contributed by atoms with van der Waals surface area (Å²) in [6, 6.07) is 18.4. The fraction of sp³-hybridized carbons (Fsp3) is 0.136. The number of rotatable bonds is 5. The Morgan fingerprint density at radius 3 is 2.59 bits per heavy atom. The highest BCUT2D eigenvalue weighted by atomic mass is 16.5. The van der Waals surface area contributed by atoms with E-state index < -0.39 is 5.97 Å².